The predicted molar refractivity (Wildman–Crippen MR) is 149 cm³/mol. The van der Waals surface area contributed by atoms with Gasteiger partial charge in [-0.25, -0.2) is 34.6 Å². The molecule has 5 rings (SSSR count). The second-order valence-corrected chi connectivity index (χ2v) is 10.1. The highest BCUT2D eigenvalue weighted by atomic mass is 19.4. The standard InChI is InChI=1S/C27H27F5N10O3/c1-13(43)36-22-23(44-2)39-20(15-10-34-26(45-3)35-11-15)19(38-22)14-4-6-16(7-5-14)37-25-33-12-17(27(30,31)32)21(40-25)18-8-9-42(41-18)24(28)29/h8-12,14,16,24H,4-7H2,1-3H3,(H,33,37,40)(H,36,38,43). The van der Waals surface area contributed by atoms with Crippen LogP contribution in [-0.2, 0) is 11.0 Å². The molecule has 1 aliphatic carbocycles. The van der Waals surface area contributed by atoms with Gasteiger partial charge in [-0.2, -0.15) is 27.1 Å². The van der Waals surface area contributed by atoms with Gasteiger partial charge in [0.1, 0.15) is 17.0 Å². The van der Waals surface area contributed by atoms with E-state index in [-0.39, 0.29) is 51.9 Å². The number of ether oxygens (including phenoxy) is 2. The highest BCUT2D eigenvalue weighted by Crippen LogP contribution is 2.40. The third-order valence-corrected chi connectivity index (χ3v) is 7.05. The first-order valence-electron chi connectivity index (χ1n) is 13.6. The van der Waals surface area contributed by atoms with Crippen LogP contribution in [0.5, 0.6) is 11.9 Å². The third kappa shape index (κ3) is 7.04. The van der Waals surface area contributed by atoms with Gasteiger partial charge >= 0.3 is 18.7 Å². The van der Waals surface area contributed by atoms with Crippen molar-refractivity contribution >= 4 is 17.7 Å². The minimum absolute atomic E-state index is 0.0960. The lowest BCUT2D eigenvalue weighted by Gasteiger charge is -2.30. The molecule has 1 amide bonds. The van der Waals surface area contributed by atoms with Gasteiger partial charge in [-0.3, -0.25) is 4.79 Å². The lowest BCUT2D eigenvalue weighted by atomic mass is 9.82. The predicted octanol–water partition coefficient (Wildman–Crippen LogP) is 5.11. The van der Waals surface area contributed by atoms with Gasteiger partial charge in [-0.1, -0.05) is 0 Å². The van der Waals surface area contributed by atoms with Crippen molar-refractivity contribution in [3.8, 4) is 34.5 Å². The van der Waals surface area contributed by atoms with Gasteiger partial charge in [-0.05, 0) is 31.7 Å². The van der Waals surface area contributed by atoms with E-state index in [1.165, 1.54) is 33.5 Å². The van der Waals surface area contributed by atoms with E-state index in [9.17, 15) is 26.7 Å². The first-order chi connectivity index (χ1) is 21.5. The lowest BCUT2D eigenvalue weighted by molar-refractivity contribution is -0.137. The number of carbonyl (C=O) groups is 1. The summed E-state index contributed by atoms with van der Waals surface area (Å²) in [5.74, 6) is -0.337. The van der Waals surface area contributed by atoms with Gasteiger partial charge in [-0.15, -0.1) is 0 Å². The number of amides is 1. The number of alkyl halides is 5. The zero-order valence-corrected chi connectivity index (χ0v) is 24.1. The van der Waals surface area contributed by atoms with Gasteiger partial charge in [0.05, 0.1) is 25.6 Å². The maximum Gasteiger partial charge on any atom is 0.420 e. The summed E-state index contributed by atoms with van der Waals surface area (Å²) in [6, 6.07) is 0.978. The molecule has 0 radical (unpaired) electrons. The van der Waals surface area contributed by atoms with Crippen molar-refractivity contribution < 1.29 is 36.2 Å². The van der Waals surface area contributed by atoms with Crippen LogP contribution in [-0.4, -0.2) is 65.9 Å². The van der Waals surface area contributed by atoms with Crippen LogP contribution in [0.2, 0.25) is 0 Å². The molecular weight excluding hydrogens is 607 g/mol. The Labute approximate surface area is 252 Å². The molecule has 0 unspecified atom stereocenters. The van der Waals surface area contributed by atoms with Crippen LogP contribution >= 0.6 is 0 Å². The molecular formula is C27H27F5N10O3. The van der Waals surface area contributed by atoms with Crippen molar-refractivity contribution in [1.82, 2.24) is 39.7 Å². The zero-order chi connectivity index (χ0) is 32.3. The molecule has 0 bridgehead atoms. The minimum atomic E-state index is -4.83. The normalized spacial score (nSPS) is 16.8. The Morgan fingerprint density at radius 2 is 1.69 bits per heavy atom. The van der Waals surface area contributed by atoms with Crippen molar-refractivity contribution in [2.24, 2.45) is 0 Å². The molecule has 1 aliphatic rings. The van der Waals surface area contributed by atoms with Crippen LogP contribution in [0, 0.1) is 0 Å². The Bertz CT molecular complexity index is 1660. The van der Waals surface area contributed by atoms with E-state index >= 15 is 0 Å². The summed E-state index contributed by atoms with van der Waals surface area (Å²) >= 11 is 0. The van der Waals surface area contributed by atoms with E-state index in [0.717, 1.165) is 12.3 Å². The Kier molecular flexibility index (Phi) is 9.01. The molecule has 0 aliphatic heterocycles. The summed E-state index contributed by atoms with van der Waals surface area (Å²) in [4.78, 5) is 37.3. The largest absolute Gasteiger partial charge is 0.478 e. The fourth-order valence-electron chi connectivity index (χ4n) is 4.99. The number of aromatic nitrogens is 8. The average Bonchev–Trinajstić information content (AvgIpc) is 3.52. The van der Waals surface area contributed by atoms with E-state index in [4.69, 9.17) is 14.5 Å². The Morgan fingerprint density at radius 1 is 0.978 bits per heavy atom. The number of anilines is 2. The smallest absolute Gasteiger partial charge is 0.420 e. The van der Waals surface area contributed by atoms with Crippen LogP contribution in [0.25, 0.3) is 22.6 Å². The topological polar surface area (TPSA) is 155 Å². The Balaban J connectivity index is 1.39. The maximum atomic E-state index is 13.7. The molecule has 1 saturated carbocycles. The van der Waals surface area contributed by atoms with Crippen molar-refractivity contribution in [2.45, 2.75) is 57.3 Å². The lowest BCUT2D eigenvalue weighted by Crippen LogP contribution is -2.27. The SMILES string of the molecule is COc1ncc(-c2nc(OC)c(NC(C)=O)nc2C2CCC(Nc3ncc(C(F)(F)F)c(-c4ccn(C(F)F)n4)n3)CC2)cn1. The second kappa shape index (κ2) is 12.9. The molecule has 2 N–H and O–H groups in total. The van der Waals surface area contributed by atoms with Crippen molar-refractivity contribution in [3.05, 3.63) is 42.1 Å². The molecule has 18 heteroatoms. The Hall–Kier alpha value is -5.03. The molecule has 45 heavy (non-hydrogen) atoms. The highest BCUT2D eigenvalue weighted by Gasteiger charge is 2.37. The van der Waals surface area contributed by atoms with Gasteiger partial charge in [0.15, 0.2) is 5.82 Å². The summed E-state index contributed by atoms with van der Waals surface area (Å²) in [6.07, 6.45) is 1.98. The molecule has 4 heterocycles. The Morgan fingerprint density at radius 3 is 2.27 bits per heavy atom. The maximum absolute atomic E-state index is 13.7. The summed E-state index contributed by atoms with van der Waals surface area (Å²) in [5.41, 5.74) is -0.586. The fraction of sp³-hybridized carbons (Fsp3) is 0.407. The number of rotatable bonds is 9. The molecule has 0 aromatic carbocycles. The molecule has 238 valence electrons. The van der Waals surface area contributed by atoms with Crippen LogP contribution in [0.3, 0.4) is 0 Å². The van der Waals surface area contributed by atoms with Gasteiger partial charge in [0, 0.05) is 49.2 Å². The molecule has 4 aromatic heterocycles. The number of nitrogens with zero attached hydrogens (tertiary/aromatic N) is 8. The number of carbonyl (C=O) groups excluding carboxylic acids is 1. The zero-order valence-electron chi connectivity index (χ0n) is 24.1. The van der Waals surface area contributed by atoms with E-state index in [1.54, 1.807) is 0 Å². The number of hydrogen-bond acceptors (Lipinski definition) is 11. The number of methoxy groups -OCH3 is 2. The van der Waals surface area contributed by atoms with E-state index in [2.05, 4.69) is 40.7 Å². The molecule has 1 fully saturated rings. The molecule has 0 spiro atoms. The van der Waals surface area contributed by atoms with Gasteiger partial charge in [0.2, 0.25) is 11.9 Å². The number of hydrogen-bond donors (Lipinski definition) is 2. The molecule has 0 saturated heterocycles. The van der Waals surface area contributed by atoms with Crippen molar-refractivity contribution in [3.63, 3.8) is 0 Å². The average molecular weight is 635 g/mol. The molecule has 13 nitrogen and oxygen atoms in total. The van der Waals surface area contributed by atoms with Crippen LogP contribution < -0.4 is 20.1 Å². The van der Waals surface area contributed by atoms with Crippen molar-refractivity contribution in [1.29, 1.82) is 0 Å². The number of nitrogens with one attached hydrogen (secondary N) is 2. The monoisotopic (exact) mass is 634 g/mol. The summed E-state index contributed by atoms with van der Waals surface area (Å²) in [5, 5.41) is 9.25. The summed E-state index contributed by atoms with van der Waals surface area (Å²) < 4.78 is 77.8. The summed E-state index contributed by atoms with van der Waals surface area (Å²) in [6.45, 7) is -1.69. The third-order valence-electron chi connectivity index (χ3n) is 7.05. The number of halogens is 5. The fourth-order valence-corrected chi connectivity index (χ4v) is 4.99. The van der Waals surface area contributed by atoms with E-state index in [0.29, 0.717) is 48.8 Å². The minimum Gasteiger partial charge on any atom is -0.478 e. The van der Waals surface area contributed by atoms with E-state index in [1.807, 2.05) is 0 Å². The van der Waals surface area contributed by atoms with Gasteiger partial charge in [0.25, 0.3) is 5.88 Å². The van der Waals surface area contributed by atoms with Crippen LogP contribution in [0.4, 0.5) is 33.7 Å². The molecule has 4 aromatic rings. The van der Waals surface area contributed by atoms with Crippen molar-refractivity contribution in [2.75, 3.05) is 24.9 Å². The first kappa shape index (κ1) is 31.4. The molecule has 0 atom stereocenters. The first-order valence-corrected chi connectivity index (χ1v) is 13.6. The second-order valence-electron chi connectivity index (χ2n) is 10.1. The van der Waals surface area contributed by atoms with Crippen LogP contribution in [0.15, 0.2) is 30.9 Å². The highest BCUT2D eigenvalue weighted by molar-refractivity contribution is 5.89. The summed E-state index contributed by atoms with van der Waals surface area (Å²) in [7, 11) is 2.84. The van der Waals surface area contributed by atoms with Crippen LogP contribution in [0.1, 0.15) is 56.3 Å². The quantitative estimate of drug-likeness (QED) is 0.236. The van der Waals surface area contributed by atoms with Gasteiger partial charge < -0.3 is 20.1 Å². The van der Waals surface area contributed by atoms with E-state index < -0.39 is 24.0 Å².